The van der Waals surface area contributed by atoms with Gasteiger partial charge in [-0.25, -0.2) is 9.78 Å². The van der Waals surface area contributed by atoms with E-state index in [-0.39, 0.29) is 23.2 Å². The number of carbonyl (C=O) groups is 2. The Morgan fingerprint density at radius 3 is 2.79 bits per heavy atom. The van der Waals surface area contributed by atoms with Gasteiger partial charge < -0.3 is 15.0 Å². The number of benzene rings is 1. The van der Waals surface area contributed by atoms with E-state index in [1.807, 2.05) is 6.92 Å². The van der Waals surface area contributed by atoms with Crippen LogP contribution in [-0.2, 0) is 28.1 Å². The number of carbonyl (C=O) groups excluding carboxylic acids is 2. The molecule has 0 fully saturated rings. The Bertz CT molecular complexity index is 1200. The summed E-state index contributed by atoms with van der Waals surface area (Å²) in [7, 11) is 0. The van der Waals surface area contributed by atoms with Gasteiger partial charge in [0.1, 0.15) is 10.7 Å². The molecule has 9 heteroatoms. The zero-order chi connectivity index (χ0) is 23.2. The Hall–Kier alpha value is -2.65. The number of anilines is 1. The summed E-state index contributed by atoms with van der Waals surface area (Å²) in [6.07, 6.45) is 6.08. The highest BCUT2D eigenvalue weighted by molar-refractivity contribution is 7.99. The first-order chi connectivity index (χ1) is 16.0. The Kier molecular flexibility index (Phi) is 7.82. The fraction of sp³-hybridized carbons (Fsp3) is 0.417. The van der Waals surface area contributed by atoms with Crippen LogP contribution < -0.4 is 10.9 Å². The molecule has 4 rings (SSSR count). The second-order valence-electron chi connectivity index (χ2n) is 8.01. The van der Waals surface area contributed by atoms with Crippen LogP contribution in [0.1, 0.15) is 59.2 Å². The van der Waals surface area contributed by atoms with E-state index in [9.17, 15) is 14.4 Å². The summed E-state index contributed by atoms with van der Waals surface area (Å²) in [6.45, 7) is 2.45. The molecule has 33 heavy (non-hydrogen) atoms. The number of thioether (sulfide) groups is 1. The average molecular weight is 486 g/mol. The molecule has 0 atom stereocenters. The molecule has 0 bridgehead atoms. The van der Waals surface area contributed by atoms with Gasteiger partial charge in [-0.2, -0.15) is 0 Å². The molecule has 0 radical (unpaired) electrons. The molecule has 1 aromatic carbocycles. The van der Waals surface area contributed by atoms with Gasteiger partial charge in [0, 0.05) is 10.6 Å². The number of nitrogens with one attached hydrogen (secondary N) is 2. The van der Waals surface area contributed by atoms with Crippen LogP contribution in [0.4, 0.5) is 5.69 Å². The van der Waals surface area contributed by atoms with E-state index in [0.29, 0.717) is 29.4 Å². The van der Waals surface area contributed by atoms with E-state index >= 15 is 0 Å². The van der Waals surface area contributed by atoms with Gasteiger partial charge in [-0.15, -0.1) is 23.1 Å². The van der Waals surface area contributed by atoms with Crippen molar-refractivity contribution in [2.45, 2.75) is 51.2 Å². The van der Waals surface area contributed by atoms with E-state index in [1.165, 1.54) is 28.6 Å². The zero-order valence-corrected chi connectivity index (χ0v) is 20.2. The SMILES string of the molecule is CCCCOC(=O)c1ccc(NC(=O)CSCc2nc3sc4c(c3c(=O)[nH]2)CCCC4)cc1. The summed E-state index contributed by atoms with van der Waals surface area (Å²) in [5.74, 6) is 0.748. The monoisotopic (exact) mass is 485 g/mol. The van der Waals surface area contributed by atoms with Crippen LogP contribution in [0.3, 0.4) is 0 Å². The fourth-order valence-electron chi connectivity index (χ4n) is 3.80. The molecule has 3 aromatic rings. The molecule has 0 aliphatic heterocycles. The highest BCUT2D eigenvalue weighted by Gasteiger charge is 2.19. The number of unbranched alkanes of at least 4 members (excludes halogenated alkanes) is 1. The number of hydrogen-bond donors (Lipinski definition) is 2. The summed E-state index contributed by atoms with van der Waals surface area (Å²) >= 11 is 3.02. The lowest BCUT2D eigenvalue weighted by atomic mass is 9.97. The number of ether oxygens (including phenoxy) is 1. The van der Waals surface area contributed by atoms with Gasteiger partial charge in [0.15, 0.2) is 0 Å². The molecule has 0 unspecified atom stereocenters. The summed E-state index contributed by atoms with van der Waals surface area (Å²) in [5, 5.41) is 3.57. The smallest absolute Gasteiger partial charge is 0.338 e. The second-order valence-corrected chi connectivity index (χ2v) is 10.1. The number of H-pyrrole nitrogens is 1. The van der Waals surface area contributed by atoms with Gasteiger partial charge in [-0.05, 0) is 61.9 Å². The minimum absolute atomic E-state index is 0.0761. The largest absolute Gasteiger partial charge is 0.462 e. The third-order valence-electron chi connectivity index (χ3n) is 5.48. The molecule has 2 heterocycles. The summed E-state index contributed by atoms with van der Waals surface area (Å²) in [6, 6.07) is 6.65. The number of aromatic amines is 1. The van der Waals surface area contributed by atoms with Crippen molar-refractivity contribution in [1.82, 2.24) is 9.97 Å². The van der Waals surface area contributed by atoms with Crippen LogP contribution in [0, 0.1) is 0 Å². The molecular formula is C24H27N3O4S2. The van der Waals surface area contributed by atoms with Crippen molar-refractivity contribution >= 4 is 50.9 Å². The van der Waals surface area contributed by atoms with Crippen molar-refractivity contribution in [3.8, 4) is 0 Å². The number of rotatable bonds is 9. The average Bonchev–Trinajstić information content (AvgIpc) is 3.18. The Balaban J connectivity index is 1.28. The van der Waals surface area contributed by atoms with Crippen molar-refractivity contribution in [2.75, 3.05) is 17.7 Å². The van der Waals surface area contributed by atoms with E-state index in [1.54, 1.807) is 35.6 Å². The number of thiophene rings is 1. The van der Waals surface area contributed by atoms with E-state index in [4.69, 9.17) is 4.74 Å². The first kappa shape index (κ1) is 23.5. The lowest BCUT2D eigenvalue weighted by Crippen LogP contribution is -2.15. The number of amides is 1. The zero-order valence-electron chi connectivity index (χ0n) is 18.6. The number of aryl methyl sites for hydroxylation is 2. The van der Waals surface area contributed by atoms with E-state index in [0.717, 1.165) is 42.3 Å². The Labute approximate surface area is 200 Å². The van der Waals surface area contributed by atoms with Crippen molar-refractivity contribution < 1.29 is 14.3 Å². The highest BCUT2D eigenvalue weighted by atomic mass is 32.2. The van der Waals surface area contributed by atoms with Crippen LogP contribution in [0.15, 0.2) is 29.1 Å². The lowest BCUT2D eigenvalue weighted by molar-refractivity contribution is -0.113. The fourth-order valence-corrected chi connectivity index (χ4v) is 5.77. The minimum atomic E-state index is -0.359. The van der Waals surface area contributed by atoms with E-state index < -0.39 is 0 Å². The van der Waals surface area contributed by atoms with Crippen molar-refractivity contribution in [1.29, 1.82) is 0 Å². The standard InChI is InChI=1S/C24H27N3O4S2/c1-2-3-12-31-24(30)15-8-10-16(11-9-15)25-20(28)14-32-13-19-26-22(29)21-17-6-4-5-7-18(17)33-23(21)27-19/h8-11H,2-7,12-14H2,1H3,(H,25,28)(H,26,27,29). The van der Waals surface area contributed by atoms with Crippen molar-refractivity contribution in [3.05, 3.63) is 56.4 Å². The first-order valence-electron chi connectivity index (χ1n) is 11.2. The van der Waals surface area contributed by atoms with Crippen LogP contribution in [0.2, 0.25) is 0 Å². The van der Waals surface area contributed by atoms with Gasteiger partial charge in [0.2, 0.25) is 5.91 Å². The molecule has 7 nitrogen and oxygen atoms in total. The maximum Gasteiger partial charge on any atom is 0.338 e. The number of aromatic nitrogens is 2. The number of nitrogens with zero attached hydrogens (tertiary/aromatic N) is 1. The molecular weight excluding hydrogens is 458 g/mol. The maximum atomic E-state index is 12.6. The molecule has 1 aliphatic carbocycles. The molecule has 0 saturated carbocycles. The predicted molar refractivity (Wildman–Crippen MR) is 133 cm³/mol. The van der Waals surface area contributed by atoms with Crippen LogP contribution in [0.5, 0.6) is 0 Å². The minimum Gasteiger partial charge on any atom is -0.462 e. The van der Waals surface area contributed by atoms with Crippen LogP contribution in [0.25, 0.3) is 10.2 Å². The van der Waals surface area contributed by atoms with Gasteiger partial charge >= 0.3 is 5.97 Å². The topological polar surface area (TPSA) is 101 Å². The molecule has 1 amide bonds. The predicted octanol–water partition coefficient (Wildman–Crippen LogP) is 4.69. The molecule has 0 saturated heterocycles. The molecule has 0 spiro atoms. The third-order valence-corrected chi connectivity index (χ3v) is 7.61. The normalized spacial score (nSPS) is 13.0. The lowest BCUT2D eigenvalue weighted by Gasteiger charge is -2.09. The second kappa shape index (κ2) is 11.0. The van der Waals surface area contributed by atoms with Crippen molar-refractivity contribution in [2.24, 2.45) is 0 Å². The van der Waals surface area contributed by atoms with Crippen molar-refractivity contribution in [3.63, 3.8) is 0 Å². The third kappa shape index (κ3) is 5.83. The molecule has 2 aromatic heterocycles. The summed E-state index contributed by atoms with van der Waals surface area (Å²) in [4.78, 5) is 46.5. The number of esters is 1. The molecule has 1 aliphatic rings. The van der Waals surface area contributed by atoms with Gasteiger partial charge in [-0.1, -0.05) is 13.3 Å². The summed E-state index contributed by atoms with van der Waals surface area (Å²) < 4.78 is 5.18. The van der Waals surface area contributed by atoms with E-state index in [2.05, 4.69) is 15.3 Å². The molecule has 174 valence electrons. The Morgan fingerprint density at radius 2 is 2.00 bits per heavy atom. The van der Waals surface area contributed by atoms with Gasteiger partial charge in [0.05, 0.1) is 29.1 Å². The highest BCUT2D eigenvalue weighted by Crippen LogP contribution is 2.33. The molecule has 2 N–H and O–H groups in total. The Morgan fingerprint density at radius 1 is 1.21 bits per heavy atom. The number of hydrogen-bond acceptors (Lipinski definition) is 7. The quantitative estimate of drug-likeness (QED) is 0.337. The van der Waals surface area contributed by atoms with Gasteiger partial charge in [0.25, 0.3) is 5.56 Å². The number of fused-ring (bicyclic) bond motifs is 3. The maximum absolute atomic E-state index is 12.6. The van der Waals surface area contributed by atoms with Crippen LogP contribution in [-0.4, -0.2) is 34.2 Å². The summed E-state index contributed by atoms with van der Waals surface area (Å²) in [5.41, 5.74) is 2.17. The van der Waals surface area contributed by atoms with Crippen LogP contribution >= 0.6 is 23.1 Å². The first-order valence-corrected chi connectivity index (χ1v) is 13.2. The van der Waals surface area contributed by atoms with Gasteiger partial charge in [-0.3, -0.25) is 9.59 Å².